The Morgan fingerprint density at radius 2 is 1.76 bits per heavy atom. The number of carbonyl (C=O) groups is 3. The van der Waals surface area contributed by atoms with Crippen LogP contribution in [0, 0.1) is 0 Å². The Labute approximate surface area is 169 Å². The first-order valence-corrected chi connectivity index (χ1v) is 9.90. The Morgan fingerprint density at radius 3 is 2.38 bits per heavy atom. The topological polar surface area (TPSA) is 143 Å². The highest BCUT2D eigenvalue weighted by atomic mass is 32.2. The molecule has 29 heavy (non-hydrogen) atoms. The summed E-state index contributed by atoms with van der Waals surface area (Å²) in [6.45, 7) is 3.53. The second-order valence-corrected chi connectivity index (χ2v) is 7.06. The van der Waals surface area contributed by atoms with Crippen molar-refractivity contribution >= 4 is 40.7 Å². The fourth-order valence-electron chi connectivity index (χ4n) is 3.13. The Balaban J connectivity index is 2.02. The normalized spacial score (nSPS) is 23.7. The van der Waals surface area contributed by atoms with E-state index in [2.05, 4.69) is 20.2 Å². The molecule has 0 amide bonds. The van der Waals surface area contributed by atoms with Gasteiger partial charge in [0, 0.05) is 20.8 Å². The molecule has 1 aliphatic heterocycles. The summed E-state index contributed by atoms with van der Waals surface area (Å²) in [5, 5.41) is 7.77. The van der Waals surface area contributed by atoms with Gasteiger partial charge in [-0.3, -0.25) is 19.5 Å². The van der Waals surface area contributed by atoms with Crippen molar-refractivity contribution in [3.05, 3.63) is 12.0 Å². The van der Waals surface area contributed by atoms with E-state index in [9.17, 15) is 14.4 Å². The summed E-state index contributed by atoms with van der Waals surface area (Å²) in [4.78, 5) is 43.0. The van der Waals surface area contributed by atoms with E-state index >= 15 is 0 Å². The zero-order valence-electron chi connectivity index (χ0n) is 16.2. The zero-order valence-corrected chi connectivity index (χ0v) is 17.0. The third-order valence-electron chi connectivity index (χ3n) is 4.17. The molecule has 1 aliphatic rings. The lowest BCUT2D eigenvalue weighted by molar-refractivity contribution is -0.165. The summed E-state index contributed by atoms with van der Waals surface area (Å²) in [5.41, 5.74) is 1.46. The van der Waals surface area contributed by atoms with Crippen LogP contribution in [0.25, 0.3) is 11.0 Å². The molecule has 0 aromatic carbocycles. The highest BCUT2D eigenvalue weighted by Gasteiger charge is 2.51. The maximum atomic E-state index is 11.7. The van der Waals surface area contributed by atoms with Crippen LogP contribution in [0.15, 0.2) is 11.4 Å². The predicted octanol–water partition coefficient (Wildman–Crippen LogP) is 0.941. The van der Waals surface area contributed by atoms with Crippen molar-refractivity contribution in [1.82, 2.24) is 20.2 Å². The van der Waals surface area contributed by atoms with E-state index < -0.39 is 42.3 Å². The van der Waals surface area contributed by atoms with Crippen LogP contribution in [-0.4, -0.2) is 69.2 Å². The molecule has 1 N–H and O–H groups in total. The lowest BCUT2D eigenvalue weighted by Gasteiger charge is -2.23. The minimum Gasteiger partial charge on any atom is -0.463 e. The number of rotatable bonds is 6. The summed E-state index contributed by atoms with van der Waals surface area (Å²) >= 11 is 1.40. The zero-order chi connectivity index (χ0) is 21.1. The number of nitrogens with zero attached hydrogens (tertiary/aromatic N) is 3. The molecule has 0 bridgehead atoms. The lowest BCUT2D eigenvalue weighted by Crippen LogP contribution is -2.40. The van der Waals surface area contributed by atoms with E-state index in [1.807, 2.05) is 6.26 Å². The van der Waals surface area contributed by atoms with Gasteiger partial charge in [-0.05, 0) is 6.26 Å². The number of aromatic amines is 1. The number of fused-ring (bicyclic) bond motifs is 1. The maximum absolute atomic E-state index is 11.7. The summed E-state index contributed by atoms with van der Waals surface area (Å²) < 4.78 is 21.8. The third kappa shape index (κ3) is 4.48. The average molecular weight is 424 g/mol. The molecule has 2 aromatic rings. The largest absolute Gasteiger partial charge is 0.463 e. The van der Waals surface area contributed by atoms with Crippen molar-refractivity contribution in [3.63, 3.8) is 0 Å². The molecule has 4 atom stereocenters. The van der Waals surface area contributed by atoms with E-state index in [1.165, 1.54) is 38.9 Å². The van der Waals surface area contributed by atoms with Crippen molar-refractivity contribution in [1.29, 1.82) is 0 Å². The van der Waals surface area contributed by atoms with Crippen LogP contribution < -0.4 is 0 Å². The summed E-state index contributed by atoms with van der Waals surface area (Å²) in [7, 11) is 0. The van der Waals surface area contributed by atoms with Gasteiger partial charge in [-0.1, -0.05) is 0 Å². The van der Waals surface area contributed by atoms with Gasteiger partial charge in [0.1, 0.15) is 41.2 Å². The number of ether oxygens (including phenoxy) is 4. The van der Waals surface area contributed by atoms with E-state index in [0.717, 1.165) is 0 Å². The van der Waals surface area contributed by atoms with Crippen molar-refractivity contribution in [3.8, 4) is 0 Å². The monoisotopic (exact) mass is 424 g/mol. The van der Waals surface area contributed by atoms with Crippen LogP contribution in [0.4, 0.5) is 0 Å². The molecule has 0 radical (unpaired) electrons. The highest BCUT2D eigenvalue weighted by molar-refractivity contribution is 7.98. The number of esters is 3. The SMILES string of the molecule is CSc1ncnc2c([C@@H]3O[C@@H](COC(C)=O)[C@H](OC(C)=O)[C@@H]3OC(C)=O)[nH]nc12. The molecule has 11 nitrogen and oxygen atoms in total. The van der Waals surface area contributed by atoms with Crippen LogP contribution in [-0.2, 0) is 33.3 Å². The van der Waals surface area contributed by atoms with E-state index in [1.54, 1.807) is 0 Å². The Bertz CT molecular complexity index is 934. The second-order valence-electron chi connectivity index (χ2n) is 6.26. The molecule has 0 saturated carbocycles. The van der Waals surface area contributed by atoms with Crippen molar-refractivity contribution in [2.75, 3.05) is 12.9 Å². The number of H-pyrrole nitrogens is 1. The average Bonchev–Trinajstić information content (AvgIpc) is 3.21. The van der Waals surface area contributed by atoms with Crippen LogP contribution >= 0.6 is 11.8 Å². The van der Waals surface area contributed by atoms with Crippen molar-refractivity contribution in [2.45, 2.75) is 50.2 Å². The molecule has 1 saturated heterocycles. The van der Waals surface area contributed by atoms with Crippen LogP contribution in [0.2, 0.25) is 0 Å². The van der Waals surface area contributed by atoms with Gasteiger partial charge in [0.05, 0.1) is 5.69 Å². The number of nitrogens with one attached hydrogen (secondary N) is 1. The van der Waals surface area contributed by atoms with E-state index in [0.29, 0.717) is 21.8 Å². The summed E-state index contributed by atoms with van der Waals surface area (Å²) in [6, 6.07) is 0. The number of thioether (sulfide) groups is 1. The molecule has 1 fully saturated rings. The number of carbonyl (C=O) groups excluding carboxylic acids is 3. The number of hydrogen-bond donors (Lipinski definition) is 1. The number of hydrogen-bond acceptors (Lipinski definition) is 11. The van der Waals surface area contributed by atoms with Crippen LogP contribution in [0.5, 0.6) is 0 Å². The van der Waals surface area contributed by atoms with Gasteiger partial charge >= 0.3 is 17.9 Å². The fourth-order valence-corrected chi connectivity index (χ4v) is 3.61. The van der Waals surface area contributed by atoms with Gasteiger partial charge in [-0.25, -0.2) is 9.97 Å². The lowest BCUT2D eigenvalue weighted by atomic mass is 10.0. The fraction of sp³-hybridized carbons (Fsp3) is 0.529. The first kappa shape index (κ1) is 21.0. The maximum Gasteiger partial charge on any atom is 0.303 e. The molecule has 3 heterocycles. The highest BCUT2D eigenvalue weighted by Crippen LogP contribution is 2.39. The van der Waals surface area contributed by atoms with Gasteiger partial charge in [0.25, 0.3) is 0 Å². The van der Waals surface area contributed by atoms with E-state index in [4.69, 9.17) is 18.9 Å². The standard InChI is InChI=1S/C17H20N4O7S/c1-7(22)25-5-10-14(26-8(2)23)16(27-9(3)24)15(28-10)12-11-13(21-20-12)17(29-4)19-6-18-11/h6,10,14-16H,5H2,1-4H3,(H,20,21)/t10-,14-,15-,16-/m0/s1. The third-order valence-corrected chi connectivity index (χ3v) is 4.86. The molecule has 2 aromatic heterocycles. The van der Waals surface area contributed by atoms with Crippen LogP contribution in [0.1, 0.15) is 32.6 Å². The van der Waals surface area contributed by atoms with Crippen molar-refractivity contribution < 1.29 is 33.3 Å². The van der Waals surface area contributed by atoms with Crippen LogP contribution in [0.3, 0.4) is 0 Å². The molecule has 3 rings (SSSR count). The second kappa shape index (κ2) is 8.74. The molecular formula is C17H20N4O7S. The van der Waals surface area contributed by atoms with Gasteiger partial charge < -0.3 is 18.9 Å². The molecule has 0 aliphatic carbocycles. The van der Waals surface area contributed by atoms with Crippen molar-refractivity contribution in [2.24, 2.45) is 0 Å². The van der Waals surface area contributed by atoms with Gasteiger partial charge in [0.2, 0.25) is 0 Å². The molecule has 156 valence electrons. The first-order valence-electron chi connectivity index (χ1n) is 8.68. The molecule has 12 heteroatoms. The van der Waals surface area contributed by atoms with E-state index in [-0.39, 0.29) is 6.61 Å². The predicted molar refractivity (Wildman–Crippen MR) is 98.8 cm³/mol. The minimum absolute atomic E-state index is 0.182. The summed E-state index contributed by atoms with van der Waals surface area (Å²) in [5.74, 6) is -1.70. The Morgan fingerprint density at radius 1 is 1.07 bits per heavy atom. The molecule has 0 spiro atoms. The number of aromatic nitrogens is 4. The first-order chi connectivity index (χ1) is 13.8. The minimum atomic E-state index is -0.992. The van der Waals surface area contributed by atoms with Gasteiger partial charge in [0.15, 0.2) is 12.2 Å². The van der Waals surface area contributed by atoms with Gasteiger partial charge in [-0.15, -0.1) is 11.8 Å². The summed E-state index contributed by atoms with van der Waals surface area (Å²) in [6.07, 6.45) is -0.455. The molecular weight excluding hydrogens is 404 g/mol. The quantitative estimate of drug-likeness (QED) is 0.306. The molecule has 0 unspecified atom stereocenters. The smallest absolute Gasteiger partial charge is 0.303 e. The van der Waals surface area contributed by atoms with Gasteiger partial charge in [-0.2, -0.15) is 5.10 Å². The Hall–Kier alpha value is -2.73. The Kier molecular flexibility index (Phi) is 6.33.